The summed E-state index contributed by atoms with van der Waals surface area (Å²) in [7, 11) is 0. The molecule has 1 aliphatic rings. The van der Waals surface area contributed by atoms with Crippen molar-refractivity contribution in [2.75, 3.05) is 18.0 Å². The van der Waals surface area contributed by atoms with Gasteiger partial charge >= 0.3 is 5.97 Å². The molecule has 0 aromatic heterocycles. The van der Waals surface area contributed by atoms with Crippen molar-refractivity contribution in [2.24, 2.45) is 5.92 Å². The van der Waals surface area contributed by atoms with Crippen LogP contribution in [0.15, 0.2) is 60.7 Å². The predicted molar refractivity (Wildman–Crippen MR) is 157 cm³/mol. The van der Waals surface area contributed by atoms with Gasteiger partial charge in [0.15, 0.2) is 0 Å². The maximum Gasteiger partial charge on any atom is 0.335 e. The van der Waals surface area contributed by atoms with E-state index in [9.17, 15) is 9.90 Å². The van der Waals surface area contributed by atoms with Gasteiger partial charge in [0, 0.05) is 18.8 Å². The van der Waals surface area contributed by atoms with Crippen molar-refractivity contribution in [1.82, 2.24) is 0 Å². The van der Waals surface area contributed by atoms with Crippen molar-refractivity contribution in [3.8, 4) is 22.3 Å². The van der Waals surface area contributed by atoms with Gasteiger partial charge < -0.3 is 10.0 Å². The normalized spacial score (nSPS) is 13.5. The number of hydrogen-bond donors (Lipinski definition) is 1. The van der Waals surface area contributed by atoms with Gasteiger partial charge in [0.05, 0.1) is 5.56 Å². The van der Waals surface area contributed by atoms with Crippen molar-refractivity contribution in [2.45, 2.75) is 78.6 Å². The molecule has 3 aromatic carbocycles. The standard InChI is InChI=1S/C34H43NO2/c1-6-35(7-2)32-21-20-29(23-31(32)34(3,4)5)30-22-28(25-14-17-27(18-15-25)33(36)37)19-16-26(30)11-9-8-10-24-12-13-24/h14-24H,6-13H2,1-5H3,(H,36,37). The molecule has 1 fully saturated rings. The number of nitrogens with zero attached hydrogens (tertiary/aromatic N) is 1. The van der Waals surface area contributed by atoms with Gasteiger partial charge in [0.25, 0.3) is 0 Å². The number of benzene rings is 3. The van der Waals surface area contributed by atoms with Crippen molar-refractivity contribution in [3.63, 3.8) is 0 Å². The van der Waals surface area contributed by atoms with Crippen LogP contribution in [0.4, 0.5) is 5.69 Å². The molecule has 0 amide bonds. The maximum atomic E-state index is 11.3. The molecule has 1 saturated carbocycles. The van der Waals surface area contributed by atoms with Crippen molar-refractivity contribution in [1.29, 1.82) is 0 Å². The number of aromatic carboxylic acids is 1. The zero-order chi connectivity index (χ0) is 26.6. The Balaban J connectivity index is 1.75. The highest BCUT2D eigenvalue weighted by molar-refractivity contribution is 5.88. The van der Waals surface area contributed by atoms with Gasteiger partial charge in [0.2, 0.25) is 0 Å². The molecule has 0 aliphatic heterocycles. The summed E-state index contributed by atoms with van der Waals surface area (Å²) in [6.07, 6.45) is 7.83. The molecule has 196 valence electrons. The van der Waals surface area contributed by atoms with Crippen LogP contribution in [0, 0.1) is 5.92 Å². The van der Waals surface area contributed by atoms with E-state index in [1.54, 1.807) is 12.1 Å². The van der Waals surface area contributed by atoms with E-state index >= 15 is 0 Å². The molecule has 3 aromatic rings. The Kier molecular flexibility index (Phi) is 8.42. The SMILES string of the molecule is CCN(CC)c1ccc(-c2cc(-c3ccc(C(=O)O)cc3)ccc2CCCCC2CC2)cc1C(C)(C)C. The number of carbonyl (C=O) groups is 1. The van der Waals surface area contributed by atoms with Crippen molar-refractivity contribution in [3.05, 3.63) is 77.4 Å². The minimum absolute atomic E-state index is 0.0304. The molecular weight excluding hydrogens is 454 g/mol. The molecule has 0 spiro atoms. The number of unbranched alkanes of at least 4 members (excludes halogenated alkanes) is 1. The lowest BCUT2D eigenvalue weighted by atomic mass is 9.82. The second-order valence-corrected chi connectivity index (χ2v) is 11.6. The largest absolute Gasteiger partial charge is 0.478 e. The van der Waals surface area contributed by atoms with Crippen molar-refractivity contribution >= 4 is 11.7 Å². The van der Waals surface area contributed by atoms with E-state index in [4.69, 9.17) is 0 Å². The van der Waals surface area contributed by atoms with Crippen LogP contribution >= 0.6 is 0 Å². The van der Waals surface area contributed by atoms with Gasteiger partial charge in [-0.2, -0.15) is 0 Å². The minimum Gasteiger partial charge on any atom is -0.478 e. The zero-order valence-corrected chi connectivity index (χ0v) is 23.3. The lowest BCUT2D eigenvalue weighted by Crippen LogP contribution is -2.26. The average molecular weight is 498 g/mol. The Morgan fingerprint density at radius 2 is 1.51 bits per heavy atom. The van der Waals surface area contributed by atoms with E-state index < -0.39 is 5.97 Å². The minimum atomic E-state index is -0.892. The second kappa shape index (κ2) is 11.5. The molecule has 0 atom stereocenters. The monoisotopic (exact) mass is 497 g/mol. The smallest absolute Gasteiger partial charge is 0.335 e. The van der Waals surface area contributed by atoms with E-state index in [0.29, 0.717) is 5.56 Å². The first-order chi connectivity index (χ1) is 17.7. The van der Waals surface area contributed by atoms with E-state index in [2.05, 4.69) is 75.9 Å². The summed E-state index contributed by atoms with van der Waals surface area (Å²) in [5.74, 6) is 0.0920. The number of rotatable bonds is 11. The maximum absolute atomic E-state index is 11.3. The molecule has 0 heterocycles. The molecule has 0 saturated heterocycles. The summed E-state index contributed by atoms with van der Waals surface area (Å²) in [5, 5.41) is 9.30. The summed E-state index contributed by atoms with van der Waals surface area (Å²) in [4.78, 5) is 13.8. The van der Waals surface area contributed by atoms with Gasteiger partial charge in [-0.1, -0.05) is 76.8 Å². The van der Waals surface area contributed by atoms with Crippen LogP contribution in [0.3, 0.4) is 0 Å². The second-order valence-electron chi connectivity index (χ2n) is 11.6. The fourth-order valence-corrected chi connectivity index (χ4v) is 5.35. The third kappa shape index (κ3) is 6.63. The molecule has 0 unspecified atom stereocenters. The van der Waals surface area contributed by atoms with Gasteiger partial charge in [-0.15, -0.1) is 0 Å². The number of carboxylic acid groups (broad SMARTS) is 1. The Hall–Kier alpha value is -3.07. The molecule has 0 radical (unpaired) electrons. The molecule has 3 nitrogen and oxygen atoms in total. The quantitative estimate of drug-likeness (QED) is 0.269. The van der Waals surface area contributed by atoms with Crippen LogP contribution in [0.5, 0.6) is 0 Å². The van der Waals surface area contributed by atoms with Crippen LogP contribution in [0.25, 0.3) is 22.3 Å². The lowest BCUT2D eigenvalue weighted by molar-refractivity contribution is 0.0697. The lowest BCUT2D eigenvalue weighted by Gasteiger charge is -2.31. The Morgan fingerprint density at radius 3 is 2.11 bits per heavy atom. The first-order valence-electron chi connectivity index (χ1n) is 14.1. The number of carboxylic acids is 1. The average Bonchev–Trinajstić information content (AvgIpc) is 3.71. The molecule has 1 N–H and O–H groups in total. The fourth-order valence-electron chi connectivity index (χ4n) is 5.35. The molecule has 3 heteroatoms. The highest BCUT2D eigenvalue weighted by Gasteiger charge is 2.23. The highest BCUT2D eigenvalue weighted by atomic mass is 16.4. The van der Waals surface area contributed by atoms with Gasteiger partial charge in [-0.25, -0.2) is 4.79 Å². The summed E-state index contributed by atoms with van der Waals surface area (Å²) >= 11 is 0. The van der Waals surface area contributed by atoms with Gasteiger partial charge in [0.1, 0.15) is 0 Å². The Morgan fingerprint density at radius 1 is 0.865 bits per heavy atom. The first-order valence-corrected chi connectivity index (χ1v) is 14.1. The third-order valence-electron chi connectivity index (χ3n) is 7.80. The van der Waals surface area contributed by atoms with E-state index in [-0.39, 0.29) is 5.41 Å². The van der Waals surface area contributed by atoms with Crippen molar-refractivity contribution < 1.29 is 9.90 Å². The summed E-state index contributed by atoms with van der Waals surface area (Å²) < 4.78 is 0. The topological polar surface area (TPSA) is 40.5 Å². The summed E-state index contributed by atoms with van der Waals surface area (Å²) in [5.41, 5.74) is 9.18. The molecular formula is C34H43NO2. The Bertz CT molecular complexity index is 1210. The van der Waals surface area contributed by atoms with Crippen LogP contribution in [-0.2, 0) is 11.8 Å². The molecule has 37 heavy (non-hydrogen) atoms. The van der Waals surface area contributed by atoms with Crippen LogP contribution in [-0.4, -0.2) is 24.2 Å². The first kappa shape index (κ1) is 27.0. The molecule has 0 bridgehead atoms. The van der Waals surface area contributed by atoms with Crippen LogP contribution in [0.2, 0.25) is 0 Å². The van der Waals surface area contributed by atoms with E-state index in [1.807, 2.05) is 12.1 Å². The predicted octanol–water partition coefficient (Wildman–Crippen LogP) is 8.99. The van der Waals surface area contributed by atoms with Gasteiger partial charge in [-0.3, -0.25) is 0 Å². The number of hydrogen-bond acceptors (Lipinski definition) is 2. The zero-order valence-electron chi connectivity index (χ0n) is 23.3. The van der Waals surface area contributed by atoms with E-state index in [0.717, 1.165) is 36.6 Å². The van der Waals surface area contributed by atoms with E-state index in [1.165, 1.54) is 60.0 Å². The highest BCUT2D eigenvalue weighted by Crippen LogP contribution is 2.39. The van der Waals surface area contributed by atoms with Crippen LogP contribution in [0.1, 0.15) is 88.2 Å². The molecule has 1 aliphatic carbocycles. The number of aryl methyl sites for hydroxylation is 1. The third-order valence-corrected chi connectivity index (χ3v) is 7.80. The molecule has 4 rings (SSSR count). The number of anilines is 1. The van der Waals surface area contributed by atoms with Crippen LogP contribution < -0.4 is 4.90 Å². The Labute approximate surface area is 223 Å². The summed E-state index contributed by atoms with van der Waals surface area (Å²) in [6.45, 7) is 13.3. The summed E-state index contributed by atoms with van der Waals surface area (Å²) in [6, 6.07) is 21.0. The van der Waals surface area contributed by atoms with Gasteiger partial charge in [-0.05, 0) is 102 Å². The fraction of sp³-hybridized carbons (Fsp3) is 0.441.